The molecular formula is C17H14NO2S-. The lowest BCUT2D eigenvalue weighted by molar-refractivity contribution is -0.305. The fraction of sp³-hybridized carbons (Fsp3) is 0.118. The minimum absolute atomic E-state index is 0.0230. The van der Waals surface area contributed by atoms with Gasteiger partial charge in [0.1, 0.15) is 0 Å². The molecule has 0 radical (unpaired) electrons. The van der Waals surface area contributed by atoms with E-state index in [4.69, 9.17) is 0 Å². The predicted molar refractivity (Wildman–Crippen MR) is 82.2 cm³/mol. The van der Waals surface area contributed by atoms with Crippen LogP contribution >= 0.6 is 11.8 Å². The lowest BCUT2D eigenvalue weighted by Gasteiger charge is -2.05. The van der Waals surface area contributed by atoms with Gasteiger partial charge in [0, 0.05) is 32.4 Å². The van der Waals surface area contributed by atoms with E-state index >= 15 is 0 Å². The van der Waals surface area contributed by atoms with Crippen molar-refractivity contribution in [1.29, 1.82) is 0 Å². The smallest absolute Gasteiger partial charge is 0.0467 e. The standard InChI is InChI=1S/C17H15NO2S/c19-16(20)11-10-15-17(21-12-6-2-1-3-7-12)13-8-4-5-9-14(13)18-15/h1-9,18H,10-11H2,(H,19,20)/p-1. The Morgan fingerprint density at radius 3 is 2.52 bits per heavy atom. The minimum Gasteiger partial charge on any atom is -0.550 e. The molecule has 1 aromatic heterocycles. The fourth-order valence-electron chi connectivity index (χ4n) is 2.30. The van der Waals surface area contributed by atoms with Crippen molar-refractivity contribution in [3.63, 3.8) is 0 Å². The first-order valence-corrected chi connectivity index (χ1v) is 7.58. The van der Waals surface area contributed by atoms with E-state index in [1.807, 2.05) is 36.4 Å². The topological polar surface area (TPSA) is 55.9 Å². The number of carbonyl (C=O) groups excluding carboxylic acids is 1. The van der Waals surface area contributed by atoms with E-state index in [1.54, 1.807) is 11.8 Å². The molecule has 0 saturated heterocycles. The third kappa shape index (κ3) is 3.11. The number of benzene rings is 2. The molecule has 3 rings (SSSR count). The number of carbonyl (C=O) groups is 1. The van der Waals surface area contributed by atoms with E-state index in [9.17, 15) is 9.90 Å². The van der Waals surface area contributed by atoms with E-state index in [-0.39, 0.29) is 6.42 Å². The maximum absolute atomic E-state index is 10.7. The lowest BCUT2D eigenvalue weighted by Crippen LogP contribution is -2.22. The van der Waals surface area contributed by atoms with Gasteiger partial charge < -0.3 is 14.9 Å². The molecule has 0 aliphatic carbocycles. The van der Waals surface area contributed by atoms with E-state index in [0.717, 1.165) is 26.4 Å². The summed E-state index contributed by atoms with van der Waals surface area (Å²) in [7, 11) is 0. The number of hydrogen-bond donors (Lipinski definition) is 1. The van der Waals surface area contributed by atoms with Crippen LogP contribution in [-0.2, 0) is 11.2 Å². The Hall–Kier alpha value is -2.20. The van der Waals surface area contributed by atoms with Crippen LogP contribution in [0, 0.1) is 0 Å². The normalized spacial score (nSPS) is 10.9. The van der Waals surface area contributed by atoms with Crippen molar-refractivity contribution < 1.29 is 9.90 Å². The number of H-pyrrole nitrogens is 1. The van der Waals surface area contributed by atoms with Gasteiger partial charge >= 0.3 is 0 Å². The summed E-state index contributed by atoms with van der Waals surface area (Å²) in [4.78, 5) is 16.3. The van der Waals surface area contributed by atoms with Crippen molar-refractivity contribution in [3.8, 4) is 0 Å². The van der Waals surface area contributed by atoms with Crippen molar-refractivity contribution >= 4 is 28.6 Å². The third-order valence-electron chi connectivity index (χ3n) is 3.27. The second kappa shape index (κ2) is 6.06. The van der Waals surface area contributed by atoms with Gasteiger partial charge in [-0.2, -0.15) is 0 Å². The number of rotatable bonds is 5. The molecule has 0 amide bonds. The number of hydrogen-bond acceptors (Lipinski definition) is 3. The zero-order valence-corrected chi connectivity index (χ0v) is 12.2. The summed E-state index contributed by atoms with van der Waals surface area (Å²) < 4.78 is 0. The van der Waals surface area contributed by atoms with Crippen LogP contribution in [-0.4, -0.2) is 11.0 Å². The Bertz CT molecular complexity index is 765. The summed E-state index contributed by atoms with van der Waals surface area (Å²) in [6.07, 6.45) is 0.474. The number of aryl methyl sites for hydroxylation is 1. The summed E-state index contributed by atoms with van der Waals surface area (Å²) >= 11 is 1.66. The first-order valence-electron chi connectivity index (χ1n) is 6.76. The van der Waals surface area contributed by atoms with Crippen LogP contribution in [0.3, 0.4) is 0 Å². The van der Waals surface area contributed by atoms with Crippen molar-refractivity contribution in [2.45, 2.75) is 22.6 Å². The van der Waals surface area contributed by atoms with Crippen LogP contribution in [0.25, 0.3) is 10.9 Å². The van der Waals surface area contributed by atoms with E-state index in [1.165, 1.54) is 0 Å². The molecule has 3 aromatic rings. The molecule has 0 saturated carbocycles. The maximum Gasteiger partial charge on any atom is 0.0467 e. The first-order chi connectivity index (χ1) is 10.2. The number of aromatic amines is 1. The SMILES string of the molecule is O=C([O-])CCc1[nH]c2ccccc2c1Sc1ccccc1. The third-order valence-corrected chi connectivity index (χ3v) is 4.45. The van der Waals surface area contributed by atoms with Gasteiger partial charge in [0.25, 0.3) is 0 Å². The number of carboxylic acid groups (broad SMARTS) is 1. The highest BCUT2D eigenvalue weighted by atomic mass is 32.2. The highest BCUT2D eigenvalue weighted by Gasteiger charge is 2.12. The molecule has 0 bridgehead atoms. The van der Waals surface area contributed by atoms with Gasteiger partial charge in [-0.1, -0.05) is 48.2 Å². The predicted octanol–water partition coefficient (Wildman–Crippen LogP) is 3.00. The van der Waals surface area contributed by atoms with Crippen LogP contribution < -0.4 is 5.11 Å². The van der Waals surface area contributed by atoms with Gasteiger partial charge in [-0.15, -0.1) is 0 Å². The molecule has 0 atom stereocenters. The van der Waals surface area contributed by atoms with Gasteiger partial charge in [-0.3, -0.25) is 0 Å². The lowest BCUT2D eigenvalue weighted by atomic mass is 10.2. The Labute approximate surface area is 127 Å². The number of fused-ring (bicyclic) bond motifs is 1. The molecule has 106 valence electrons. The molecule has 0 unspecified atom stereocenters. The Morgan fingerprint density at radius 1 is 1.05 bits per heavy atom. The zero-order valence-electron chi connectivity index (χ0n) is 11.3. The molecule has 0 aliphatic heterocycles. The van der Waals surface area contributed by atoms with Gasteiger partial charge in [0.05, 0.1) is 0 Å². The van der Waals surface area contributed by atoms with Crippen LogP contribution in [0.2, 0.25) is 0 Å². The molecule has 3 nitrogen and oxygen atoms in total. The van der Waals surface area contributed by atoms with Crippen LogP contribution in [0.4, 0.5) is 0 Å². The van der Waals surface area contributed by atoms with Crippen molar-refractivity contribution in [1.82, 2.24) is 4.98 Å². The highest BCUT2D eigenvalue weighted by molar-refractivity contribution is 7.99. The molecule has 0 spiro atoms. The summed E-state index contributed by atoms with van der Waals surface area (Å²) in [6.45, 7) is 0. The number of aliphatic carboxylic acids is 1. The average molecular weight is 296 g/mol. The number of aromatic nitrogens is 1. The van der Waals surface area contributed by atoms with Crippen LogP contribution in [0.15, 0.2) is 64.4 Å². The molecule has 21 heavy (non-hydrogen) atoms. The van der Waals surface area contributed by atoms with Gasteiger partial charge in [-0.05, 0) is 31.0 Å². The zero-order chi connectivity index (χ0) is 14.7. The van der Waals surface area contributed by atoms with E-state index < -0.39 is 5.97 Å². The monoisotopic (exact) mass is 296 g/mol. The Morgan fingerprint density at radius 2 is 1.76 bits per heavy atom. The van der Waals surface area contributed by atoms with Gasteiger partial charge in [0.2, 0.25) is 0 Å². The second-order valence-corrected chi connectivity index (χ2v) is 5.85. The summed E-state index contributed by atoms with van der Waals surface area (Å²) in [5, 5.41) is 11.9. The van der Waals surface area contributed by atoms with E-state index in [0.29, 0.717) is 6.42 Å². The molecule has 4 heteroatoms. The molecule has 0 fully saturated rings. The van der Waals surface area contributed by atoms with E-state index in [2.05, 4.69) is 23.2 Å². The first kappa shape index (κ1) is 13.8. The molecule has 2 aromatic carbocycles. The average Bonchev–Trinajstić information content (AvgIpc) is 2.84. The van der Waals surface area contributed by atoms with Crippen LogP contribution in [0.1, 0.15) is 12.1 Å². The fourth-order valence-corrected chi connectivity index (χ4v) is 3.39. The van der Waals surface area contributed by atoms with Crippen molar-refractivity contribution in [3.05, 3.63) is 60.3 Å². The summed E-state index contributed by atoms with van der Waals surface area (Å²) in [5.74, 6) is -1.02. The minimum atomic E-state index is -1.02. The molecular weight excluding hydrogens is 282 g/mol. The van der Waals surface area contributed by atoms with Crippen LogP contribution in [0.5, 0.6) is 0 Å². The second-order valence-electron chi connectivity index (χ2n) is 4.77. The maximum atomic E-state index is 10.7. The summed E-state index contributed by atoms with van der Waals surface area (Å²) in [5.41, 5.74) is 1.98. The van der Waals surface area contributed by atoms with Crippen molar-refractivity contribution in [2.75, 3.05) is 0 Å². The van der Waals surface area contributed by atoms with Crippen molar-refractivity contribution in [2.24, 2.45) is 0 Å². The molecule has 1 N–H and O–H groups in total. The van der Waals surface area contributed by atoms with Gasteiger partial charge in [-0.25, -0.2) is 0 Å². The number of carboxylic acids is 1. The quantitative estimate of drug-likeness (QED) is 0.787. The number of para-hydroxylation sites is 1. The largest absolute Gasteiger partial charge is 0.550 e. The number of nitrogens with one attached hydrogen (secondary N) is 1. The summed E-state index contributed by atoms with van der Waals surface area (Å²) in [6, 6.07) is 18.1. The van der Waals surface area contributed by atoms with Gasteiger partial charge in [0.15, 0.2) is 0 Å². The Kier molecular flexibility index (Phi) is 3.97. The molecule has 1 heterocycles. The Balaban J connectivity index is 2.00. The highest BCUT2D eigenvalue weighted by Crippen LogP contribution is 2.36. The molecule has 0 aliphatic rings.